The van der Waals surface area contributed by atoms with Crippen molar-refractivity contribution >= 4 is 23.6 Å². The van der Waals surface area contributed by atoms with Crippen LogP contribution in [0.15, 0.2) is 115 Å². The lowest BCUT2D eigenvalue weighted by Crippen LogP contribution is -2.53. The highest BCUT2D eigenvalue weighted by Crippen LogP contribution is 2.27. The van der Waals surface area contributed by atoms with Gasteiger partial charge in [-0.1, -0.05) is 103 Å². The van der Waals surface area contributed by atoms with E-state index in [1.165, 1.54) is 4.90 Å². The second-order valence-corrected chi connectivity index (χ2v) is 11.6. The van der Waals surface area contributed by atoms with Crippen LogP contribution in [-0.2, 0) is 20.8 Å². The van der Waals surface area contributed by atoms with E-state index in [0.717, 1.165) is 16.7 Å². The Hall–Kier alpha value is -5.44. The van der Waals surface area contributed by atoms with Crippen LogP contribution in [0.1, 0.15) is 45.8 Å². The van der Waals surface area contributed by atoms with Gasteiger partial charge in [0, 0.05) is 25.9 Å². The van der Waals surface area contributed by atoms with Crippen molar-refractivity contribution in [2.75, 3.05) is 26.7 Å². The van der Waals surface area contributed by atoms with E-state index < -0.39 is 29.8 Å². The van der Waals surface area contributed by atoms with Crippen LogP contribution in [-0.4, -0.2) is 67.4 Å². The number of para-hydroxylation sites is 1. The first-order valence-corrected chi connectivity index (χ1v) is 15.9. The lowest BCUT2D eigenvalue weighted by molar-refractivity contribution is -0.136. The molecule has 9 nitrogen and oxygen atoms in total. The molecular weight excluding hydrogens is 592 g/mol. The summed E-state index contributed by atoms with van der Waals surface area (Å²) in [4.78, 5) is 55.7. The first-order valence-electron chi connectivity index (χ1n) is 15.9. The maximum absolute atomic E-state index is 13.7. The molecule has 0 aliphatic carbocycles. The first-order chi connectivity index (χ1) is 22.9. The van der Waals surface area contributed by atoms with E-state index in [-0.39, 0.29) is 43.4 Å². The van der Waals surface area contributed by atoms with Crippen LogP contribution in [0, 0.1) is 0 Å². The molecule has 0 fully saturated rings. The van der Waals surface area contributed by atoms with E-state index in [0.29, 0.717) is 18.7 Å². The lowest BCUT2D eigenvalue weighted by atomic mass is 9.88. The number of benzene rings is 4. The van der Waals surface area contributed by atoms with Crippen molar-refractivity contribution in [2.24, 2.45) is 0 Å². The third-order valence-corrected chi connectivity index (χ3v) is 8.26. The number of nitrogens with one attached hydrogen (secondary N) is 3. The molecule has 0 radical (unpaired) electrons. The average molecular weight is 633 g/mol. The zero-order valence-corrected chi connectivity index (χ0v) is 26.4. The SMILES string of the molecule is CN1CCOc2ccccc2C(=O)N[C@H](C(=O)NCCC(c2ccccc2)c2ccccc2)CC(=O)N[C@@H](Cc2ccccc2)C1=O. The standard InChI is InChI=1S/C38H40N4O5/c1-42-23-24-47-34-20-12-11-19-31(34)36(44)41-32(26-35(43)40-33(38(42)46)25-27-13-5-2-6-14-27)37(45)39-22-21-30(28-15-7-3-8-16-28)29-17-9-4-10-18-29/h2-20,30,32-33H,21-26H2,1H3,(H,39,45)(H,40,43)(H,41,44)/t32-,33-/m0/s1. The first kappa shape index (κ1) is 32.9. The molecule has 4 amide bonds. The summed E-state index contributed by atoms with van der Waals surface area (Å²) >= 11 is 0. The predicted molar refractivity (Wildman–Crippen MR) is 180 cm³/mol. The van der Waals surface area contributed by atoms with Gasteiger partial charge in [-0.2, -0.15) is 0 Å². The molecule has 0 bridgehead atoms. The molecule has 0 aromatic heterocycles. The maximum atomic E-state index is 13.7. The summed E-state index contributed by atoms with van der Waals surface area (Å²) in [7, 11) is 1.65. The summed E-state index contributed by atoms with van der Waals surface area (Å²) in [6, 6.07) is 34.2. The third-order valence-electron chi connectivity index (χ3n) is 8.26. The molecule has 4 aromatic carbocycles. The van der Waals surface area contributed by atoms with Gasteiger partial charge in [0.2, 0.25) is 17.7 Å². The molecule has 0 spiro atoms. The number of hydrogen-bond acceptors (Lipinski definition) is 5. The van der Waals surface area contributed by atoms with Crippen LogP contribution < -0.4 is 20.7 Å². The van der Waals surface area contributed by atoms with Crippen LogP contribution in [0.5, 0.6) is 5.75 Å². The molecule has 0 unspecified atom stereocenters. The monoisotopic (exact) mass is 632 g/mol. The van der Waals surface area contributed by atoms with Gasteiger partial charge in [-0.25, -0.2) is 0 Å². The van der Waals surface area contributed by atoms with E-state index >= 15 is 0 Å². The maximum Gasteiger partial charge on any atom is 0.255 e. The van der Waals surface area contributed by atoms with Gasteiger partial charge in [0.15, 0.2) is 0 Å². The average Bonchev–Trinajstić information content (AvgIpc) is 3.10. The van der Waals surface area contributed by atoms with Gasteiger partial charge in [-0.05, 0) is 35.2 Å². The van der Waals surface area contributed by atoms with E-state index in [4.69, 9.17) is 4.74 Å². The Morgan fingerprint density at radius 3 is 2.09 bits per heavy atom. The summed E-state index contributed by atoms with van der Waals surface area (Å²) < 4.78 is 5.92. The topological polar surface area (TPSA) is 117 Å². The minimum atomic E-state index is -1.20. The Kier molecular flexibility index (Phi) is 11.4. The zero-order valence-electron chi connectivity index (χ0n) is 26.4. The van der Waals surface area contributed by atoms with Crippen molar-refractivity contribution in [2.45, 2.75) is 37.3 Å². The third kappa shape index (κ3) is 9.07. The fourth-order valence-corrected chi connectivity index (χ4v) is 5.74. The number of carbonyl (C=O) groups is 4. The molecule has 3 N–H and O–H groups in total. The van der Waals surface area contributed by atoms with Crippen molar-refractivity contribution in [3.05, 3.63) is 138 Å². The molecule has 47 heavy (non-hydrogen) atoms. The molecule has 0 saturated carbocycles. The van der Waals surface area contributed by atoms with Gasteiger partial charge in [0.05, 0.1) is 18.5 Å². The Morgan fingerprint density at radius 2 is 1.43 bits per heavy atom. The zero-order chi connectivity index (χ0) is 33.0. The van der Waals surface area contributed by atoms with E-state index in [2.05, 4.69) is 40.2 Å². The largest absolute Gasteiger partial charge is 0.491 e. The second kappa shape index (κ2) is 16.2. The fourth-order valence-electron chi connectivity index (χ4n) is 5.74. The highest BCUT2D eigenvalue weighted by Gasteiger charge is 2.30. The van der Waals surface area contributed by atoms with Crippen molar-refractivity contribution < 1.29 is 23.9 Å². The van der Waals surface area contributed by atoms with Crippen LogP contribution in [0.3, 0.4) is 0 Å². The normalized spacial score (nSPS) is 17.5. The smallest absolute Gasteiger partial charge is 0.255 e. The Morgan fingerprint density at radius 1 is 0.830 bits per heavy atom. The minimum absolute atomic E-state index is 0.0327. The number of fused-ring (bicyclic) bond motifs is 1. The molecular formula is C38H40N4O5. The summed E-state index contributed by atoms with van der Waals surface area (Å²) in [5.74, 6) is -1.49. The van der Waals surface area contributed by atoms with Crippen LogP contribution in [0.25, 0.3) is 0 Å². The molecule has 9 heteroatoms. The minimum Gasteiger partial charge on any atom is -0.491 e. The van der Waals surface area contributed by atoms with Crippen molar-refractivity contribution in [1.29, 1.82) is 0 Å². The van der Waals surface area contributed by atoms with Crippen LogP contribution in [0.2, 0.25) is 0 Å². The summed E-state index contributed by atoms with van der Waals surface area (Å²) in [6.45, 7) is 0.682. The molecule has 1 heterocycles. The van der Waals surface area contributed by atoms with E-state index in [1.54, 1.807) is 31.3 Å². The number of carbonyl (C=O) groups excluding carboxylic acids is 4. The summed E-state index contributed by atoms with van der Waals surface area (Å²) in [5, 5.41) is 8.54. The quantitative estimate of drug-likeness (QED) is 0.271. The number of rotatable bonds is 8. The van der Waals surface area contributed by atoms with Gasteiger partial charge in [-0.3, -0.25) is 19.2 Å². The number of nitrogens with zero attached hydrogens (tertiary/aromatic N) is 1. The molecule has 0 saturated heterocycles. The lowest BCUT2D eigenvalue weighted by Gasteiger charge is -2.27. The van der Waals surface area contributed by atoms with E-state index in [1.807, 2.05) is 66.7 Å². The highest BCUT2D eigenvalue weighted by atomic mass is 16.5. The van der Waals surface area contributed by atoms with Crippen LogP contribution in [0.4, 0.5) is 0 Å². The summed E-state index contributed by atoms with van der Waals surface area (Å²) in [6.07, 6.45) is 0.510. The molecule has 4 aromatic rings. The molecule has 5 rings (SSSR count). The Bertz CT molecular complexity index is 1610. The van der Waals surface area contributed by atoms with E-state index in [9.17, 15) is 19.2 Å². The summed E-state index contributed by atoms with van der Waals surface area (Å²) in [5.41, 5.74) is 3.34. The van der Waals surface area contributed by atoms with Crippen LogP contribution >= 0.6 is 0 Å². The number of likely N-dealkylation sites (N-methyl/N-ethyl adjacent to an activating group) is 1. The molecule has 1 aliphatic heterocycles. The molecule has 242 valence electrons. The Balaban J connectivity index is 1.36. The van der Waals surface area contributed by atoms with Gasteiger partial charge in [0.1, 0.15) is 24.4 Å². The number of ether oxygens (including phenoxy) is 1. The fraction of sp³-hybridized carbons (Fsp3) is 0.263. The van der Waals surface area contributed by atoms with Gasteiger partial charge < -0.3 is 25.6 Å². The molecule has 1 aliphatic rings. The van der Waals surface area contributed by atoms with Gasteiger partial charge >= 0.3 is 0 Å². The van der Waals surface area contributed by atoms with Crippen molar-refractivity contribution in [3.8, 4) is 5.75 Å². The highest BCUT2D eigenvalue weighted by molar-refractivity contribution is 6.01. The van der Waals surface area contributed by atoms with Gasteiger partial charge in [0.25, 0.3) is 5.91 Å². The second-order valence-electron chi connectivity index (χ2n) is 11.6. The predicted octanol–water partition coefficient (Wildman–Crippen LogP) is 4.09. The van der Waals surface area contributed by atoms with Crippen molar-refractivity contribution in [3.63, 3.8) is 0 Å². The van der Waals surface area contributed by atoms with Crippen molar-refractivity contribution in [1.82, 2.24) is 20.9 Å². The molecule has 2 atom stereocenters. The van der Waals surface area contributed by atoms with Gasteiger partial charge in [-0.15, -0.1) is 0 Å². The Labute approximate surface area is 275 Å². The number of amides is 4. The number of hydrogen-bond donors (Lipinski definition) is 3.